The third-order valence-corrected chi connectivity index (χ3v) is 2.83. The summed E-state index contributed by atoms with van der Waals surface area (Å²) < 4.78 is 5.57. The van der Waals surface area contributed by atoms with Gasteiger partial charge >= 0.3 is 0 Å². The molecule has 0 radical (unpaired) electrons. The SMILES string of the molecule is Cc1oc(CNC(=O)C(C)C)nc1-c1ccccc1. The number of aryl methyl sites for hydroxylation is 1. The van der Waals surface area contributed by atoms with Crippen LogP contribution in [0.4, 0.5) is 0 Å². The fourth-order valence-corrected chi connectivity index (χ4v) is 1.76. The lowest BCUT2D eigenvalue weighted by molar-refractivity contribution is -0.124. The van der Waals surface area contributed by atoms with E-state index in [1.165, 1.54) is 0 Å². The molecule has 0 bridgehead atoms. The normalized spacial score (nSPS) is 10.7. The number of rotatable bonds is 4. The minimum absolute atomic E-state index is 0.00267. The number of oxazole rings is 1. The zero-order chi connectivity index (χ0) is 13.8. The summed E-state index contributed by atoms with van der Waals surface area (Å²) in [4.78, 5) is 15.9. The van der Waals surface area contributed by atoms with E-state index >= 15 is 0 Å². The molecule has 1 aromatic heterocycles. The van der Waals surface area contributed by atoms with Crippen LogP contribution < -0.4 is 5.32 Å². The van der Waals surface area contributed by atoms with Gasteiger partial charge in [-0.2, -0.15) is 0 Å². The van der Waals surface area contributed by atoms with Crippen LogP contribution in [0.25, 0.3) is 11.3 Å². The molecule has 4 nitrogen and oxygen atoms in total. The van der Waals surface area contributed by atoms with Crippen molar-refractivity contribution in [2.24, 2.45) is 5.92 Å². The lowest BCUT2D eigenvalue weighted by Gasteiger charge is -2.04. The summed E-state index contributed by atoms with van der Waals surface area (Å²) in [7, 11) is 0. The molecule has 1 N–H and O–H groups in total. The van der Waals surface area contributed by atoms with Gasteiger partial charge in [-0.05, 0) is 6.92 Å². The van der Waals surface area contributed by atoms with E-state index in [2.05, 4.69) is 10.3 Å². The average molecular weight is 258 g/mol. The highest BCUT2D eigenvalue weighted by atomic mass is 16.4. The fraction of sp³-hybridized carbons (Fsp3) is 0.333. The van der Waals surface area contributed by atoms with E-state index in [0.29, 0.717) is 12.4 Å². The zero-order valence-electron chi connectivity index (χ0n) is 11.4. The summed E-state index contributed by atoms with van der Waals surface area (Å²) >= 11 is 0. The molecule has 2 rings (SSSR count). The first-order chi connectivity index (χ1) is 9.08. The zero-order valence-corrected chi connectivity index (χ0v) is 11.4. The van der Waals surface area contributed by atoms with Crippen LogP contribution in [0.2, 0.25) is 0 Å². The maximum atomic E-state index is 11.5. The number of hydrogen-bond donors (Lipinski definition) is 1. The number of carbonyl (C=O) groups excluding carboxylic acids is 1. The van der Waals surface area contributed by atoms with Gasteiger partial charge in [-0.15, -0.1) is 0 Å². The van der Waals surface area contributed by atoms with Gasteiger partial charge in [0, 0.05) is 11.5 Å². The lowest BCUT2D eigenvalue weighted by atomic mass is 10.1. The van der Waals surface area contributed by atoms with Crippen LogP contribution in [-0.4, -0.2) is 10.9 Å². The molecule has 4 heteroatoms. The molecular weight excluding hydrogens is 240 g/mol. The monoisotopic (exact) mass is 258 g/mol. The van der Waals surface area contributed by atoms with Crippen molar-refractivity contribution in [2.45, 2.75) is 27.3 Å². The number of nitrogens with one attached hydrogen (secondary N) is 1. The number of carbonyl (C=O) groups is 1. The first-order valence-corrected chi connectivity index (χ1v) is 6.37. The first kappa shape index (κ1) is 13.3. The summed E-state index contributed by atoms with van der Waals surface area (Å²) in [5, 5.41) is 2.80. The van der Waals surface area contributed by atoms with Crippen LogP contribution in [0.15, 0.2) is 34.7 Å². The molecular formula is C15H18N2O2. The number of aromatic nitrogens is 1. The van der Waals surface area contributed by atoms with E-state index in [-0.39, 0.29) is 11.8 Å². The lowest BCUT2D eigenvalue weighted by Crippen LogP contribution is -2.27. The van der Waals surface area contributed by atoms with E-state index in [4.69, 9.17) is 4.42 Å². The van der Waals surface area contributed by atoms with Gasteiger partial charge in [0.1, 0.15) is 11.5 Å². The second-order valence-corrected chi connectivity index (χ2v) is 4.75. The van der Waals surface area contributed by atoms with Crippen LogP contribution in [0, 0.1) is 12.8 Å². The van der Waals surface area contributed by atoms with Crippen molar-refractivity contribution in [1.82, 2.24) is 10.3 Å². The van der Waals surface area contributed by atoms with Crippen LogP contribution in [0.5, 0.6) is 0 Å². The second kappa shape index (κ2) is 5.69. The highest BCUT2D eigenvalue weighted by molar-refractivity contribution is 5.77. The third kappa shape index (κ3) is 3.22. The van der Waals surface area contributed by atoms with Crippen molar-refractivity contribution in [1.29, 1.82) is 0 Å². The van der Waals surface area contributed by atoms with Gasteiger partial charge in [-0.25, -0.2) is 4.98 Å². The standard InChI is InChI=1S/C15H18N2O2/c1-10(2)15(18)16-9-13-17-14(11(3)19-13)12-7-5-4-6-8-12/h4-8,10H,9H2,1-3H3,(H,16,18). The third-order valence-electron chi connectivity index (χ3n) is 2.83. The summed E-state index contributed by atoms with van der Waals surface area (Å²) in [5.41, 5.74) is 1.85. The molecule has 2 aromatic rings. The van der Waals surface area contributed by atoms with Crippen molar-refractivity contribution in [3.05, 3.63) is 42.0 Å². The molecule has 0 aliphatic heterocycles. The van der Waals surface area contributed by atoms with Crippen molar-refractivity contribution in [3.63, 3.8) is 0 Å². The number of amides is 1. The Morgan fingerprint density at radius 2 is 2.00 bits per heavy atom. The molecule has 0 aliphatic rings. The molecule has 100 valence electrons. The van der Waals surface area contributed by atoms with E-state index in [9.17, 15) is 4.79 Å². The fourth-order valence-electron chi connectivity index (χ4n) is 1.76. The van der Waals surface area contributed by atoms with Crippen molar-refractivity contribution in [2.75, 3.05) is 0 Å². The molecule has 1 amide bonds. The number of nitrogens with zero attached hydrogens (tertiary/aromatic N) is 1. The Hall–Kier alpha value is -2.10. The van der Waals surface area contributed by atoms with Crippen LogP contribution >= 0.6 is 0 Å². The van der Waals surface area contributed by atoms with Crippen LogP contribution in [0.1, 0.15) is 25.5 Å². The van der Waals surface area contributed by atoms with Crippen LogP contribution in [-0.2, 0) is 11.3 Å². The molecule has 19 heavy (non-hydrogen) atoms. The molecule has 0 saturated carbocycles. The van der Waals surface area contributed by atoms with Gasteiger partial charge in [0.2, 0.25) is 11.8 Å². The van der Waals surface area contributed by atoms with Gasteiger partial charge in [0.25, 0.3) is 0 Å². The number of hydrogen-bond acceptors (Lipinski definition) is 3. The van der Waals surface area contributed by atoms with Gasteiger partial charge in [-0.1, -0.05) is 44.2 Å². The van der Waals surface area contributed by atoms with E-state index in [0.717, 1.165) is 17.0 Å². The highest BCUT2D eigenvalue weighted by Crippen LogP contribution is 2.22. The molecule has 0 saturated heterocycles. The minimum Gasteiger partial charge on any atom is -0.443 e. The summed E-state index contributed by atoms with van der Waals surface area (Å²) in [6, 6.07) is 9.86. The predicted octanol–water partition coefficient (Wildman–Crippen LogP) is 2.92. The predicted molar refractivity (Wildman–Crippen MR) is 73.4 cm³/mol. The Morgan fingerprint density at radius 3 is 2.63 bits per heavy atom. The van der Waals surface area contributed by atoms with Crippen molar-refractivity contribution in [3.8, 4) is 11.3 Å². The van der Waals surface area contributed by atoms with Crippen molar-refractivity contribution < 1.29 is 9.21 Å². The molecule has 0 unspecified atom stereocenters. The molecule has 1 heterocycles. The Labute approximate surface area is 112 Å². The van der Waals surface area contributed by atoms with Gasteiger partial charge in [0.05, 0.1) is 6.54 Å². The highest BCUT2D eigenvalue weighted by Gasteiger charge is 2.13. The summed E-state index contributed by atoms with van der Waals surface area (Å²) in [6.45, 7) is 5.91. The second-order valence-electron chi connectivity index (χ2n) is 4.75. The van der Waals surface area contributed by atoms with Crippen molar-refractivity contribution >= 4 is 5.91 Å². The van der Waals surface area contributed by atoms with E-state index in [1.54, 1.807) is 0 Å². The number of benzene rings is 1. The average Bonchev–Trinajstić information content (AvgIpc) is 2.78. The summed E-state index contributed by atoms with van der Waals surface area (Å²) in [6.07, 6.45) is 0. The Morgan fingerprint density at radius 1 is 1.32 bits per heavy atom. The molecule has 0 fully saturated rings. The van der Waals surface area contributed by atoms with Gasteiger partial charge < -0.3 is 9.73 Å². The Kier molecular flexibility index (Phi) is 4.00. The molecule has 0 spiro atoms. The van der Waals surface area contributed by atoms with E-state index in [1.807, 2.05) is 51.1 Å². The maximum absolute atomic E-state index is 11.5. The molecule has 0 aliphatic carbocycles. The quantitative estimate of drug-likeness (QED) is 0.917. The van der Waals surface area contributed by atoms with E-state index < -0.39 is 0 Å². The topological polar surface area (TPSA) is 55.1 Å². The largest absolute Gasteiger partial charge is 0.443 e. The summed E-state index contributed by atoms with van der Waals surface area (Å²) in [5.74, 6) is 1.26. The molecule has 0 atom stereocenters. The van der Waals surface area contributed by atoms with Crippen LogP contribution in [0.3, 0.4) is 0 Å². The maximum Gasteiger partial charge on any atom is 0.222 e. The smallest absolute Gasteiger partial charge is 0.222 e. The minimum atomic E-state index is -0.0374. The Balaban J connectivity index is 2.11. The van der Waals surface area contributed by atoms with Gasteiger partial charge in [0.15, 0.2) is 0 Å². The first-order valence-electron chi connectivity index (χ1n) is 6.37. The Bertz CT molecular complexity index is 559. The van der Waals surface area contributed by atoms with Gasteiger partial charge in [-0.3, -0.25) is 4.79 Å². The molecule has 1 aromatic carbocycles.